The fourth-order valence-electron chi connectivity index (χ4n) is 1.54. The van der Waals surface area contributed by atoms with Gasteiger partial charge in [-0.05, 0) is 53.4 Å². The maximum atomic E-state index is 11.3. The average Bonchev–Trinajstić information content (AvgIpc) is 2.24. The highest BCUT2D eigenvalue weighted by Crippen LogP contribution is 2.22. The maximum absolute atomic E-state index is 11.3. The zero-order valence-corrected chi connectivity index (χ0v) is 12.4. The number of aromatic nitrogens is 1. The minimum atomic E-state index is -1.01. The molecule has 1 rings (SSSR count). The Hall–Kier alpha value is -1.62. The molecule has 0 saturated heterocycles. The summed E-state index contributed by atoms with van der Waals surface area (Å²) in [4.78, 5) is 17.5. The summed E-state index contributed by atoms with van der Waals surface area (Å²) in [6.45, 7) is 7.99. The minimum absolute atomic E-state index is 0.139. The number of carboxylic acids is 1. The van der Waals surface area contributed by atoms with Gasteiger partial charge in [-0.2, -0.15) is 0 Å². The summed E-state index contributed by atoms with van der Waals surface area (Å²) in [7, 11) is 3.91. The Morgan fingerprint density at radius 3 is 2.47 bits per heavy atom. The Balaban J connectivity index is 3.04. The lowest BCUT2D eigenvalue weighted by Crippen LogP contribution is -2.43. The predicted molar refractivity (Wildman–Crippen MR) is 73.9 cm³/mol. The molecule has 1 aromatic heterocycles. The fraction of sp³-hybridized carbons (Fsp3) is 0.571. The molecule has 0 aromatic carbocycles. The van der Waals surface area contributed by atoms with E-state index in [0.29, 0.717) is 12.2 Å². The number of aryl methyl sites for hydroxylation is 2. The molecule has 0 bridgehead atoms. The molecule has 106 valence electrons. The summed E-state index contributed by atoms with van der Waals surface area (Å²) in [6.07, 6.45) is 0. The summed E-state index contributed by atoms with van der Waals surface area (Å²) >= 11 is 0. The summed E-state index contributed by atoms with van der Waals surface area (Å²) in [5.41, 5.74) is 1.35. The molecule has 1 heterocycles. The first-order valence-electron chi connectivity index (χ1n) is 6.17. The summed E-state index contributed by atoms with van der Waals surface area (Å²) in [5, 5.41) is 9.25. The van der Waals surface area contributed by atoms with Crippen molar-refractivity contribution in [2.75, 3.05) is 20.7 Å². The lowest BCUT2D eigenvalue weighted by atomic mass is 10.1. The normalized spacial score (nSPS) is 11.7. The monoisotopic (exact) mass is 266 g/mol. The number of hydrogen-bond donors (Lipinski definition) is 1. The van der Waals surface area contributed by atoms with Gasteiger partial charge in [-0.1, -0.05) is 0 Å². The van der Waals surface area contributed by atoms with Crippen molar-refractivity contribution in [2.45, 2.75) is 33.2 Å². The third-order valence-electron chi connectivity index (χ3n) is 3.30. The third kappa shape index (κ3) is 3.67. The van der Waals surface area contributed by atoms with Crippen LogP contribution < -0.4 is 4.74 Å². The Morgan fingerprint density at radius 1 is 1.42 bits per heavy atom. The molecule has 5 heteroatoms. The van der Waals surface area contributed by atoms with Crippen molar-refractivity contribution in [1.29, 1.82) is 0 Å². The van der Waals surface area contributed by atoms with Crippen LogP contribution in [-0.4, -0.2) is 47.2 Å². The largest absolute Gasteiger partial charge is 0.477 e. The molecule has 0 atom stereocenters. The van der Waals surface area contributed by atoms with Crippen LogP contribution in [0.5, 0.6) is 5.88 Å². The van der Waals surface area contributed by atoms with E-state index in [1.807, 2.05) is 39.8 Å². The molecule has 0 amide bonds. The smallest absolute Gasteiger partial charge is 0.341 e. The number of carboxylic acid groups (broad SMARTS) is 1. The molecule has 19 heavy (non-hydrogen) atoms. The molecule has 0 aliphatic carbocycles. The van der Waals surface area contributed by atoms with Gasteiger partial charge in [0, 0.05) is 11.2 Å². The van der Waals surface area contributed by atoms with Crippen molar-refractivity contribution in [3.8, 4) is 5.88 Å². The second-order valence-electron chi connectivity index (χ2n) is 5.56. The van der Waals surface area contributed by atoms with Gasteiger partial charge in [-0.15, -0.1) is 0 Å². The Morgan fingerprint density at radius 2 is 2.00 bits per heavy atom. The van der Waals surface area contributed by atoms with E-state index in [0.717, 1.165) is 5.69 Å². The van der Waals surface area contributed by atoms with E-state index >= 15 is 0 Å². The van der Waals surface area contributed by atoms with Gasteiger partial charge >= 0.3 is 5.97 Å². The molecule has 0 aliphatic heterocycles. The van der Waals surface area contributed by atoms with Crippen LogP contribution in [0.3, 0.4) is 0 Å². The van der Waals surface area contributed by atoms with E-state index < -0.39 is 5.97 Å². The second-order valence-corrected chi connectivity index (χ2v) is 5.56. The van der Waals surface area contributed by atoms with Crippen molar-refractivity contribution in [3.63, 3.8) is 0 Å². The highest BCUT2D eigenvalue weighted by molar-refractivity contribution is 5.91. The van der Waals surface area contributed by atoms with Gasteiger partial charge in [0.15, 0.2) is 0 Å². The van der Waals surface area contributed by atoms with Gasteiger partial charge in [-0.3, -0.25) is 0 Å². The number of ether oxygens (including phenoxy) is 1. The molecule has 0 aliphatic rings. The minimum Gasteiger partial charge on any atom is -0.477 e. The summed E-state index contributed by atoms with van der Waals surface area (Å²) in [5.74, 6) is -0.817. The molecule has 0 radical (unpaired) electrons. The highest BCUT2D eigenvalue weighted by Gasteiger charge is 2.24. The molecule has 0 saturated carbocycles. The maximum Gasteiger partial charge on any atom is 0.341 e. The Bertz CT molecular complexity index is 482. The number of aromatic carboxylic acids is 1. The van der Waals surface area contributed by atoms with E-state index in [1.54, 1.807) is 13.0 Å². The fourth-order valence-corrected chi connectivity index (χ4v) is 1.54. The number of likely N-dealkylation sites (N-methyl/N-ethyl adjacent to an activating group) is 1. The van der Waals surface area contributed by atoms with Crippen LogP contribution in [-0.2, 0) is 0 Å². The zero-order chi connectivity index (χ0) is 14.8. The quantitative estimate of drug-likeness (QED) is 0.884. The molecular formula is C14H22N2O3. The van der Waals surface area contributed by atoms with Gasteiger partial charge in [0.05, 0.1) is 0 Å². The van der Waals surface area contributed by atoms with E-state index in [9.17, 15) is 9.90 Å². The van der Waals surface area contributed by atoms with Crippen molar-refractivity contribution < 1.29 is 14.6 Å². The first-order chi connectivity index (χ1) is 8.65. The van der Waals surface area contributed by atoms with E-state index in [2.05, 4.69) is 4.98 Å². The lowest BCUT2D eigenvalue weighted by Gasteiger charge is -2.32. The average molecular weight is 266 g/mol. The van der Waals surface area contributed by atoms with Crippen LogP contribution in [0.25, 0.3) is 0 Å². The summed E-state index contributed by atoms with van der Waals surface area (Å²) < 4.78 is 5.65. The number of rotatable bonds is 5. The van der Waals surface area contributed by atoms with Crippen molar-refractivity contribution in [1.82, 2.24) is 9.88 Å². The number of pyridine rings is 1. The van der Waals surface area contributed by atoms with Gasteiger partial charge in [0.25, 0.3) is 0 Å². The van der Waals surface area contributed by atoms with Crippen LogP contribution in [0.4, 0.5) is 0 Å². The Kier molecular flexibility index (Phi) is 4.52. The lowest BCUT2D eigenvalue weighted by molar-refractivity contribution is 0.0680. The first kappa shape index (κ1) is 15.4. The topological polar surface area (TPSA) is 62.7 Å². The summed E-state index contributed by atoms with van der Waals surface area (Å²) in [6, 6.07) is 1.74. The molecule has 0 spiro atoms. The van der Waals surface area contributed by atoms with Gasteiger partial charge in [-0.25, -0.2) is 9.78 Å². The van der Waals surface area contributed by atoms with Gasteiger partial charge in [0.2, 0.25) is 5.88 Å². The molecule has 1 N–H and O–H groups in total. The van der Waals surface area contributed by atoms with Gasteiger partial charge < -0.3 is 14.7 Å². The highest BCUT2D eigenvalue weighted by atomic mass is 16.5. The van der Waals surface area contributed by atoms with E-state index in [4.69, 9.17) is 4.74 Å². The van der Waals surface area contributed by atoms with Crippen molar-refractivity contribution >= 4 is 5.97 Å². The number of hydrogen-bond acceptors (Lipinski definition) is 4. The van der Waals surface area contributed by atoms with Crippen LogP contribution in [0.15, 0.2) is 6.07 Å². The first-order valence-corrected chi connectivity index (χ1v) is 6.17. The Labute approximate surface area is 114 Å². The van der Waals surface area contributed by atoms with Gasteiger partial charge in [0.1, 0.15) is 12.2 Å². The number of nitrogens with zero attached hydrogens (tertiary/aromatic N) is 2. The zero-order valence-electron chi connectivity index (χ0n) is 12.4. The van der Waals surface area contributed by atoms with Crippen LogP contribution in [0.1, 0.15) is 35.5 Å². The second kappa shape index (κ2) is 5.57. The number of carbonyl (C=O) groups is 1. The SMILES string of the molecule is Cc1cc(C)c(C(=O)O)c(OCC(C)(C)N(C)C)n1. The van der Waals surface area contributed by atoms with Crippen LogP contribution in [0.2, 0.25) is 0 Å². The van der Waals surface area contributed by atoms with Crippen LogP contribution in [0, 0.1) is 13.8 Å². The standard InChI is InChI=1S/C14H22N2O3/c1-9-7-10(2)15-12(11(9)13(17)18)19-8-14(3,4)16(5)6/h7H,8H2,1-6H3,(H,17,18). The van der Waals surface area contributed by atoms with Crippen molar-refractivity contribution in [3.05, 3.63) is 22.9 Å². The third-order valence-corrected chi connectivity index (χ3v) is 3.30. The molecule has 1 aromatic rings. The molecule has 0 fully saturated rings. The molecule has 5 nitrogen and oxygen atoms in total. The molecular weight excluding hydrogens is 244 g/mol. The van der Waals surface area contributed by atoms with Crippen LogP contribution >= 0.6 is 0 Å². The predicted octanol–water partition coefficient (Wildman–Crippen LogP) is 2.12. The van der Waals surface area contributed by atoms with E-state index in [1.165, 1.54) is 0 Å². The van der Waals surface area contributed by atoms with E-state index in [-0.39, 0.29) is 17.0 Å². The molecule has 0 unspecified atom stereocenters. The van der Waals surface area contributed by atoms with Crippen molar-refractivity contribution in [2.24, 2.45) is 0 Å².